The first kappa shape index (κ1) is 27.0. The number of fused-ring (bicyclic) bond motifs is 3. The van der Waals surface area contributed by atoms with E-state index in [1.54, 1.807) is 0 Å². The fourth-order valence-corrected chi connectivity index (χ4v) is 9.28. The Morgan fingerprint density at radius 3 is 2.02 bits per heavy atom. The average Bonchev–Trinajstić information content (AvgIpc) is 3.35. The molecule has 0 heterocycles. The van der Waals surface area contributed by atoms with Crippen molar-refractivity contribution in [3.63, 3.8) is 0 Å². The Kier molecular flexibility index (Phi) is 7.76. The molecule has 0 saturated heterocycles. The van der Waals surface area contributed by atoms with E-state index in [0.717, 1.165) is 11.3 Å². The van der Waals surface area contributed by atoms with E-state index < -0.39 is 8.80 Å². The number of para-hydroxylation sites is 1. The van der Waals surface area contributed by atoms with E-state index >= 15 is 0 Å². The van der Waals surface area contributed by atoms with Gasteiger partial charge in [-0.3, -0.25) is 0 Å². The van der Waals surface area contributed by atoms with Crippen LogP contribution in [0.25, 0.3) is 44.5 Å². The van der Waals surface area contributed by atoms with Gasteiger partial charge in [0.1, 0.15) is 12.4 Å². The molecular weight excluding hydrogens is 513 g/mol. The highest BCUT2D eigenvalue weighted by atomic mass is 28.3. The van der Waals surface area contributed by atoms with Crippen LogP contribution in [0.1, 0.15) is 36.1 Å². The van der Waals surface area contributed by atoms with Crippen molar-refractivity contribution in [2.24, 2.45) is 0 Å². The molecule has 0 amide bonds. The molecule has 203 valence electrons. The van der Waals surface area contributed by atoms with Gasteiger partial charge in [0.05, 0.1) is 8.80 Å². The number of aryl methyl sites for hydroxylation is 1. The molecule has 0 saturated carbocycles. The van der Waals surface area contributed by atoms with Gasteiger partial charge < -0.3 is 4.74 Å². The van der Waals surface area contributed by atoms with Gasteiger partial charge in [0.2, 0.25) is 0 Å². The van der Waals surface area contributed by atoms with Crippen LogP contribution in [-0.4, -0.2) is 15.4 Å². The van der Waals surface area contributed by atoms with E-state index in [2.05, 4.69) is 137 Å². The van der Waals surface area contributed by atoms with E-state index in [-0.39, 0.29) is 0 Å². The Bertz CT molecular complexity index is 1680. The predicted octanol–water partition coefficient (Wildman–Crippen LogP) is 10.7. The van der Waals surface area contributed by atoms with Crippen LogP contribution >= 0.6 is 0 Å². The quantitative estimate of drug-likeness (QED) is 0.131. The molecule has 41 heavy (non-hydrogen) atoms. The number of hydrogen-bond donors (Lipinski definition) is 0. The summed E-state index contributed by atoms with van der Waals surface area (Å²) in [5.41, 5.74) is 14.9. The maximum Gasteiger partial charge on any atom is 0.130 e. The second kappa shape index (κ2) is 11.8. The van der Waals surface area contributed by atoms with Crippen LogP contribution in [0.2, 0.25) is 12.1 Å². The molecule has 5 aromatic carbocycles. The third-order valence-corrected chi connectivity index (χ3v) is 11.8. The van der Waals surface area contributed by atoms with Crippen molar-refractivity contribution in [2.45, 2.75) is 38.4 Å². The lowest BCUT2D eigenvalue weighted by atomic mass is 9.86. The van der Waals surface area contributed by atoms with Gasteiger partial charge in [-0.25, -0.2) is 0 Å². The molecule has 0 spiro atoms. The topological polar surface area (TPSA) is 9.23 Å². The number of rotatable bonds is 9. The van der Waals surface area contributed by atoms with Crippen molar-refractivity contribution in [3.05, 3.63) is 139 Å². The van der Waals surface area contributed by atoms with Crippen LogP contribution in [-0.2, 0) is 0 Å². The highest BCUT2D eigenvalue weighted by Gasteiger charge is 2.38. The van der Waals surface area contributed by atoms with E-state index in [1.807, 2.05) is 6.08 Å². The largest absolute Gasteiger partial charge is 0.489 e. The minimum Gasteiger partial charge on any atom is -0.489 e. The molecule has 0 N–H and O–H groups in total. The molecule has 1 aliphatic carbocycles. The lowest BCUT2D eigenvalue weighted by Crippen LogP contribution is -2.22. The van der Waals surface area contributed by atoms with Crippen LogP contribution in [0.5, 0.6) is 5.75 Å². The SMILES string of the molecule is C=CCOc1c(C)cccc1-c1c(-c2ccccc2)ccc2c1C([Si](CC)CC)c1cc(-c3ccccc3)ccc1-2. The number of hydrogen-bond acceptors (Lipinski definition) is 1. The molecule has 2 heteroatoms. The molecule has 0 aliphatic heterocycles. The first-order valence-electron chi connectivity index (χ1n) is 14.8. The van der Waals surface area contributed by atoms with Crippen molar-refractivity contribution >= 4 is 8.80 Å². The average molecular weight is 550 g/mol. The zero-order valence-electron chi connectivity index (χ0n) is 24.3. The summed E-state index contributed by atoms with van der Waals surface area (Å²) in [4.78, 5) is 0. The standard InChI is InChI=1S/C39H37OSi/c1-5-25-40-38-27(4)15-14-20-34(38)36-31(29-18-12-9-13-19-29)23-24-33-32-22-21-30(28-16-10-8-11-17-28)26-35(32)39(37(33)36)41(6-2)7-3/h5,8-24,26,39H,1,6-7,25H2,2-4H3. The monoisotopic (exact) mass is 549 g/mol. The highest BCUT2D eigenvalue weighted by Crippen LogP contribution is 2.55. The summed E-state index contributed by atoms with van der Waals surface area (Å²) >= 11 is 0. The molecule has 6 rings (SSSR count). The summed E-state index contributed by atoms with van der Waals surface area (Å²) in [6, 6.07) is 42.6. The molecule has 0 aromatic heterocycles. The van der Waals surface area contributed by atoms with Crippen molar-refractivity contribution < 1.29 is 4.74 Å². The zero-order chi connectivity index (χ0) is 28.3. The van der Waals surface area contributed by atoms with Crippen LogP contribution in [0.3, 0.4) is 0 Å². The molecular formula is C39H37OSi. The Morgan fingerprint density at radius 1 is 0.683 bits per heavy atom. The molecule has 5 aromatic rings. The smallest absolute Gasteiger partial charge is 0.130 e. The van der Waals surface area contributed by atoms with Crippen LogP contribution in [0.4, 0.5) is 0 Å². The van der Waals surface area contributed by atoms with Gasteiger partial charge in [-0.15, -0.1) is 0 Å². The fourth-order valence-electron chi connectivity index (χ4n) is 6.58. The van der Waals surface area contributed by atoms with Gasteiger partial charge in [0.15, 0.2) is 0 Å². The van der Waals surface area contributed by atoms with Crippen LogP contribution < -0.4 is 4.74 Å². The normalized spacial score (nSPS) is 13.6. The Morgan fingerprint density at radius 2 is 1.34 bits per heavy atom. The molecule has 1 radical (unpaired) electrons. The first-order valence-corrected chi connectivity index (χ1v) is 16.8. The summed E-state index contributed by atoms with van der Waals surface area (Å²) in [5, 5.41) is 0. The van der Waals surface area contributed by atoms with Crippen molar-refractivity contribution in [3.8, 4) is 50.3 Å². The van der Waals surface area contributed by atoms with Gasteiger partial charge in [-0.05, 0) is 62.6 Å². The first-order chi connectivity index (χ1) is 20.2. The molecule has 1 atom stereocenters. The lowest BCUT2D eigenvalue weighted by molar-refractivity contribution is 0.362. The van der Waals surface area contributed by atoms with E-state index in [4.69, 9.17) is 4.74 Å². The minimum absolute atomic E-state index is 0.398. The molecule has 0 bridgehead atoms. The summed E-state index contributed by atoms with van der Waals surface area (Å²) in [6.07, 6.45) is 1.84. The van der Waals surface area contributed by atoms with Gasteiger partial charge in [-0.2, -0.15) is 0 Å². The fraction of sp³-hybridized carbons (Fsp3) is 0.179. The maximum absolute atomic E-state index is 6.41. The second-order valence-corrected chi connectivity index (χ2v) is 14.1. The van der Waals surface area contributed by atoms with E-state index in [9.17, 15) is 0 Å². The van der Waals surface area contributed by atoms with Crippen LogP contribution in [0, 0.1) is 6.92 Å². The third kappa shape index (κ3) is 4.87. The summed E-state index contributed by atoms with van der Waals surface area (Å²) in [6.45, 7) is 11.3. The lowest BCUT2D eigenvalue weighted by Gasteiger charge is -2.27. The molecule has 1 unspecified atom stereocenters. The molecule has 1 aliphatic rings. The summed E-state index contributed by atoms with van der Waals surface area (Å²) in [5.74, 6) is 0.958. The predicted molar refractivity (Wildman–Crippen MR) is 177 cm³/mol. The second-order valence-electron chi connectivity index (χ2n) is 10.8. The maximum atomic E-state index is 6.41. The number of benzene rings is 5. The molecule has 1 nitrogen and oxygen atoms in total. The van der Waals surface area contributed by atoms with Crippen molar-refractivity contribution in [1.82, 2.24) is 0 Å². The number of ether oxygens (including phenoxy) is 1. The Labute approximate surface area is 246 Å². The van der Waals surface area contributed by atoms with Gasteiger partial charge >= 0.3 is 0 Å². The summed E-state index contributed by atoms with van der Waals surface area (Å²) in [7, 11) is -0.746. The Hall–Kier alpha value is -4.14. The van der Waals surface area contributed by atoms with E-state index in [1.165, 1.54) is 67.7 Å². The zero-order valence-corrected chi connectivity index (χ0v) is 25.3. The van der Waals surface area contributed by atoms with Gasteiger partial charge in [0, 0.05) is 11.1 Å². The third-order valence-electron chi connectivity index (χ3n) is 8.52. The molecule has 0 fully saturated rings. The van der Waals surface area contributed by atoms with E-state index in [0.29, 0.717) is 12.1 Å². The van der Waals surface area contributed by atoms with Crippen LogP contribution in [0.15, 0.2) is 122 Å². The summed E-state index contributed by atoms with van der Waals surface area (Å²) < 4.78 is 6.41. The van der Waals surface area contributed by atoms with Crippen molar-refractivity contribution in [1.29, 1.82) is 0 Å². The van der Waals surface area contributed by atoms with Gasteiger partial charge in [0.25, 0.3) is 0 Å². The minimum atomic E-state index is -0.746. The highest BCUT2D eigenvalue weighted by molar-refractivity contribution is 6.62. The van der Waals surface area contributed by atoms with Gasteiger partial charge in [-0.1, -0.05) is 148 Å². The van der Waals surface area contributed by atoms with Crippen molar-refractivity contribution in [2.75, 3.05) is 6.61 Å². The Balaban J connectivity index is 1.68.